The van der Waals surface area contributed by atoms with Gasteiger partial charge < -0.3 is 0 Å². The molecule has 5 nitrogen and oxygen atoms in total. The normalized spacial score (nSPS) is 19.0. The number of fused-ring (bicyclic) bond motifs is 1. The number of hydrogen-bond donors (Lipinski definition) is 0. The van der Waals surface area contributed by atoms with Crippen LogP contribution in [0, 0.1) is 0 Å². The van der Waals surface area contributed by atoms with Crippen molar-refractivity contribution in [2.24, 2.45) is 0 Å². The molecule has 5 heteroatoms. The Labute approximate surface area is 136 Å². The van der Waals surface area contributed by atoms with Crippen molar-refractivity contribution in [2.45, 2.75) is 52.6 Å². The Morgan fingerprint density at radius 3 is 2.17 bits per heavy atom. The Bertz CT molecular complexity index is 781. The maximum Gasteiger partial charge on any atom is 0.352 e. The van der Waals surface area contributed by atoms with E-state index in [0.29, 0.717) is 5.69 Å². The van der Waals surface area contributed by atoms with Gasteiger partial charge in [0.05, 0.1) is 17.8 Å². The molecular weight excluding hydrogens is 290 g/mol. The summed E-state index contributed by atoms with van der Waals surface area (Å²) in [5.41, 5.74) is 0.0781. The van der Waals surface area contributed by atoms with Crippen LogP contribution >= 0.6 is 0 Å². The molecule has 2 unspecified atom stereocenters. The van der Waals surface area contributed by atoms with E-state index in [1.54, 1.807) is 21.5 Å². The lowest BCUT2D eigenvalue weighted by molar-refractivity contribution is 0.346. The third-order valence-electron chi connectivity index (χ3n) is 3.92. The largest absolute Gasteiger partial charge is 0.352 e. The van der Waals surface area contributed by atoms with Gasteiger partial charge in [0, 0.05) is 0 Å². The minimum atomic E-state index is -0.274. The number of benzene rings is 1. The van der Waals surface area contributed by atoms with Crippen LogP contribution in [0.3, 0.4) is 0 Å². The summed E-state index contributed by atoms with van der Waals surface area (Å²) in [5.74, 6) is 0. The Hall–Kier alpha value is -2.30. The summed E-state index contributed by atoms with van der Waals surface area (Å²) >= 11 is 0. The minimum Gasteiger partial charge on any atom is -0.245 e. The summed E-state index contributed by atoms with van der Waals surface area (Å²) in [7, 11) is 0. The van der Waals surface area contributed by atoms with Gasteiger partial charge in [0.1, 0.15) is 0 Å². The molecule has 0 radical (unpaired) electrons. The Morgan fingerprint density at radius 1 is 0.957 bits per heavy atom. The van der Waals surface area contributed by atoms with Gasteiger partial charge in [0.15, 0.2) is 0 Å². The summed E-state index contributed by atoms with van der Waals surface area (Å²) in [4.78, 5) is 25.4. The number of para-hydroxylation sites is 1. The van der Waals surface area contributed by atoms with Gasteiger partial charge >= 0.3 is 11.4 Å². The Balaban J connectivity index is 0.000000924. The van der Waals surface area contributed by atoms with E-state index in [0.717, 1.165) is 12.8 Å². The molecule has 0 amide bonds. The molecule has 2 atom stereocenters. The molecule has 0 fully saturated rings. The second kappa shape index (κ2) is 7.31. The fourth-order valence-electron chi connectivity index (χ4n) is 2.91. The maximum atomic E-state index is 12.7. The molecule has 1 aliphatic rings. The van der Waals surface area contributed by atoms with Crippen LogP contribution < -0.4 is 11.4 Å². The van der Waals surface area contributed by atoms with Gasteiger partial charge in [0.2, 0.25) is 0 Å². The monoisotopic (exact) mass is 315 g/mol. The molecule has 0 saturated heterocycles. The van der Waals surface area contributed by atoms with E-state index in [1.165, 1.54) is 4.57 Å². The number of hydrogen-bond acceptors (Lipinski definition) is 2. The van der Waals surface area contributed by atoms with Crippen molar-refractivity contribution in [3.8, 4) is 5.69 Å². The topological polar surface area (TPSA) is 48.9 Å². The summed E-state index contributed by atoms with van der Waals surface area (Å²) in [6.45, 7) is 8.00. The van der Waals surface area contributed by atoms with Crippen LogP contribution in [-0.4, -0.2) is 13.9 Å². The van der Waals surface area contributed by atoms with Crippen LogP contribution in [0.25, 0.3) is 5.69 Å². The van der Waals surface area contributed by atoms with Crippen LogP contribution in [0.2, 0.25) is 0 Å². The van der Waals surface area contributed by atoms with Gasteiger partial charge in [-0.2, -0.15) is 0 Å². The molecule has 0 saturated carbocycles. The molecular formula is C18H25N3O2. The van der Waals surface area contributed by atoms with Gasteiger partial charge in [-0.25, -0.2) is 23.5 Å². The lowest BCUT2D eigenvalue weighted by Gasteiger charge is -2.24. The standard InChI is InChI=1S/C16H19N3O2.C2H6/c1-3-7-14-11-10-12(2)18-15(20)17(16(21)19(14)18)13-8-5-4-6-9-13;1-2/h4-6,8-12,14H,3,7H2,1-2H3;1-2H3. The summed E-state index contributed by atoms with van der Waals surface area (Å²) in [5, 5.41) is 0. The summed E-state index contributed by atoms with van der Waals surface area (Å²) < 4.78 is 4.42. The third kappa shape index (κ3) is 2.96. The predicted molar refractivity (Wildman–Crippen MR) is 93.4 cm³/mol. The van der Waals surface area contributed by atoms with Gasteiger partial charge in [-0.15, -0.1) is 0 Å². The molecule has 124 valence electrons. The third-order valence-corrected chi connectivity index (χ3v) is 3.92. The number of aromatic nitrogens is 3. The van der Waals surface area contributed by atoms with E-state index >= 15 is 0 Å². The fraction of sp³-hybridized carbons (Fsp3) is 0.444. The Morgan fingerprint density at radius 2 is 1.57 bits per heavy atom. The number of rotatable bonds is 3. The molecule has 2 aromatic rings. The summed E-state index contributed by atoms with van der Waals surface area (Å²) in [6.07, 6.45) is 5.84. The Kier molecular flexibility index (Phi) is 5.42. The maximum absolute atomic E-state index is 12.7. The van der Waals surface area contributed by atoms with Crippen molar-refractivity contribution in [1.29, 1.82) is 0 Å². The van der Waals surface area contributed by atoms with Crippen LogP contribution in [0.1, 0.15) is 52.6 Å². The zero-order valence-corrected chi connectivity index (χ0v) is 14.3. The molecule has 0 bridgehead atoms. The zero-order valence-electron chi connectivity index (χ0n) is 14.3. The smallest absolute Gasteiger partial charge is 0.245 e. The molecule has 2 heterocycles. The van der Waals surface area contributed by atoms with E-state index in [9.17, 15) is 9.59 Å². The lowest BCUT2D eigenvalue weighted by Crippen LogP contribution is -2.34. The second-order valence-corrected chi connectivity index (χ2v) is 5.41. The molecule has 1 aliphatic heterocycles. The molecule has 0 N–H and O–H groups in total. The van der Waals surface area contributed by atoms with Crippen molar-refractivity contribution in [1.82, 2.24) is 13.9 Å². The molecule has 0 aliphatic carbocycles. The van der Waals surface area contributed by atoms with Crippen LogP contribution in [-0.2, 0) is 0 Å². The van der Waals surface area contributed by atoms with Gasteiger partial charge in [-0.3, -0.25) is 0 Å². The quantitative estimate of drug-likeness (QED) is 0.816. The first kappa shape index (κ1) is 17.1. The van der Waals surface area contributed by atoms with Crippen LogP contribution in [0.15, 0.2) is 52.1 Å². The average Bonchev–Trinajstić information content (AvgIpc) is 2.85. The molecule has 0 spiro atoms. The van der Waals surface area contributed by atoms with Gasteiger partial charge in [-0.1, -0.05) is 57.5 Å². The highest BCUT2D eigenvalue weighted by atomic mass is 16.2. The second-order valence-electron chi connectivity index (χ2n) is 5.41. The SMILES string of the molecule is CC.CCCC1C=CC(C)n2c(=O)n(-c3ccccc3)c(=O)n21. The highest BCUT2D eigenvalue weighted by Crippen LogP contribution is 2.21. The zero-order chi connectivity index (χ0) is 17.0. The van der Waals surface area contributed by atoms with E-state index < -0.39 is 0 Å². The first-order valence-corrected chi connectivity index (χ1v) is 8.35. The minimum absolute atomic E-state index is 0.0450. The van der Waals surface area contributed by atoms with E-state index in [-0.39, 0.29) is 23.5 Å². The lowest BCUT2D eigenvalue weighted by atomic mass is 10.1. The van der Waals surface area contributed by atoms with E-state index in [1.807, 2.05) is 51.1 Å². The highest BCUT2D eigenvalue weighted by Gasteiger charge is 2.26. The van der Waals surface area contributed by atoms with Crippen molar-refractivity contribution < 1.29 is 0 Å². The van der Waals surface area contributed by atoms with E-state index in [4.69, 9.17) is 0 Å². The van der Waals surface area contributed by atoms with Crippen molar-refractivity contribution in [3.63, 3.8) is 0 Å². The number of nitrogens with zero attached hydrogens (tertiary/aromatic N) is 3. The molecule has 23 heavy (non-hydrogen) atoms. The van der Waals surface area contributed by atoms with Crippen molar-refractivity contribution in [2.75, 3.05) is 0 Å². The first-order valence-electron chi connectivity index (χ1n) is 8.35. The number of allylic oxidation sites excluding steroid dienone is 2. The van der Waals surface area contributed by atoms with Gasteiger partial charge in [0.25, 0.3) is 0 Å². The summed E-state index contributed by atoms with van der Waals surface area (Å²) in [6, 6.07) is 8.93. The molecule has 1 aromatic carbocycles. The van der Waals surface area contributed by atoms with Crippen molar-refractivity contribution >= 4 is 0 Å². The van der Waals surface area contributed by atoms with Crippen molar-refractivity contribution in [3.05, 3.63) is 63.5 Å². The first-order chi connectivity index (χ1) is 11.1. The van der Waals surface area contributed by atoms with Crippen LogP contribution in [0.4, 0.5) is 0 Å². The average molecular weight is 315 g/mol. The van der Waals surface area contributed by atoms with Gasteiger partial charge in [-0.05, 0) is 25.5 Å². The molecule has 3 rings (SSSR count). The van der Waals surface area contributed by atoms with E-state index in [2.05, 4.69) is 6.92 Å². The highest BCUT2D eigenvalue weighted by molar-refractivity contribution is 5.30. The predicted octanol–water partition coefficient (Wildman–Crippen LogP) is 3.30. The van der Waals surface area contributed by atoms with Crippen LogP contribution in [0.5, 0.6) is 0 Å². The fourth-order valence-corrected chi connectivity index (χ4v) is 2.91. The molecule has 1 aromatic heterocycles.